The Hall–Kier alpha value is -1.26. The molecule has 0 aromatic heterocycles. The number of aliphatic hydroxyl groups is 1. The Bertz CT molecular complexity index is 378. The number of aromatic hydroxyl groups is 1. The highest BCUT2D eigenvalue weighted by molar-refractivity contribution is 6.32. The van der Waals surface area contributed by atoms with Crippen molar-refractivity contribution >= 4 is 17.6 Å². The van der Waals surface area contributed by atoms with E-state index in [1.807, 2.05) is 0 Å². The second kappa shape index (κ2) is 5.72. The van der Waals surface area contributed by atoms with Crippen LogP contribution in [0.3, 0.4) is 0 Å². The van der Waals surface area contributed by atoms with Crippen LogP contribution < -0.4 is 0 Å². The van der Waals surface area contributed by atoms with Gasteiger partial charge >= 0.3 is 5.97 Å². The summed E-state index contributed by atoms with van der Waals surface area (Å²) in [6.45, 7) is 1.90. The molecule has 0 saturated carbocycles. The third kappa shape index (κ3) is 3.40. The first-order valence-corrected chi connectivity index (χ1v) is 5.24. The molecule has 0 aliphatic heterocycles. The number of halogens is 1. The number of benzene rings is 1. The van der Waals surface area contributed by atoms with E-state index in [-0.39, 0.29) is 23.8 Å². The maximum absolute atomic E-state index is 11.1. The Labute approximate surface area is 98.4 Å². The maximum atomic E-state index is 11.1. The summed E-state index contributed by atoms with van der Waals surface area (Å²) in [4.78, 5) is 11.1. The van der Waals surface area contributed by atoms with E-state index in [0.29, 0.717) is 5.56 Å². The highest BCUT2D eigenvalue weighted by Gasteiger charge is 2.16. The standard InChI is InChI=1S/C11H13ClO4/c1-2-16-11(15)10(14)6-7-3-4-9(13)8(12)5-7/h3-5,10,13-14H,2,6H2,1H3/t10-/m0/s1. The summed E-state index contributed by atoms with van der Waals surface area (Å²) in [5, 5.41) is 18.9. The molecule has 0 fully saturated rings. The van der Waals surface area contributed by atoms with Crippen LogP contribution in [0.15, 0.2) is 18.2 Å². The van der Waals surface area contributed by atoms with Gasteiger partial charge in [0.25, 0.3) is 0 Å². The maximum Gasteiger partial charge on any atom is 0.335 e. The number of phenols is 1. The monoisotopic (exact) mass is 244 g/mol. The minimum absolute atomic E-state index is 0.0314. The molecule has 1 aromatic rings. The Morgan fingerprint density at radius 3 is 2.81 bits per heavy atom. The molecule has 5 heteroatoms. The fourth-order valence-corrected chi connectivity index (χ4v) is 1.43. The highest BCUT2D eigenvalue weighted by Crippen LogP contribution is 2.24. The number of ether oxygens (including phenoxy) is 1. The van der Waals surface area contributed by atoms with Crippen LogP contribution in [0.5, 0.6) is 5.75 Å². The van der Waals surface area contributed by atoms with Crippen molar-refractivity contribution in [2.45, 2.75) is 19.4 Å². The summed E-state index contributed by atoms with van der Waals surface area (Å²) in [7, 11) is 0. The molecule has 0 bridgehead atoms. The summed E-state index contributed by atoms with van der Waals surface area (Å²) in [6.07, 6.45) is -1.10. The second-order valence-corrected chi connectivity index (χ2v) is 3.66. The van der Waals surface area contributed by atoms with Crippen molar-refractivity contribution in [3.05, 3.63) is 28.8 Å². The van der Waals surface area contributed by atoms with Crippen LogP contribution in [0, 0.1) is 0 Å². The lowest BCUT2D eigenvalue weighted by Gasteiger charge is -2.09. The van der Waals surface area contributed by atoms with Crippen molar-refractivity contribution < 1.29 is 19.7 Å². The van der Waals surface area contributed by atoms with Crippen molar-refractivity contribution in [1.29, 1.82) is 0 Å². The molecule has 0 amide bonds. The normalized spacial score (nSPS) is 12.2. The predicted octanol–water partition coefficient (Wildman–Crippen LogP) is 1.51. The zero-order chi connectivity index (χ0) is 12.1. The van der Waals surface area contributed by atoms with Gasteiger partial charge in [-0.15, -0.1) is 0 Å². The van der Waals surface area contributed by atoms with Crippen molar-refractivity contribution in [2.24, 2.45) is 0 Å². The molecular formula is C11H13ClO4. The predicted molar refractivity (Wildman–Crippen MR) is 59.5 cm³/mol. The molecule has 0 heterocycles. The quantitative estimate of drug-likeness (QED) is 0.788. The van der Waals surface area contributed by atoms with Crippen LogP contribution in [0.1, 0.15) is 12.5 Å². The van der Waals surface area contributed by atoms with Crippen molar-refractivity contribution in [3.8, 4) is 5.75 Å². The van der Waals surface area contributed by atoms with E-state index in [1.165, 1.54) is 12.1 Å². The number of rotatable bonds is 4. The van der Waals surface area contributed by atoms with Crippen LogP contribution in [0.2, 0.25) is 5.02 Å². The number of esters is 1. The van der Waals surface area contributed by atoms with Crippen molar-refractivity contribution in [3.63, 3.8) is 0 Å². The van der Waals surface area contributed by atoms with Crippen LogP contribution in [0.4, 0.5) is 0 Å². The van der Waals surface area contributed by atoms with E-state index in [4.69, 9.17) is 11.6 Å². The minimum Gasteiger partial charge on any atom is -0.506 e. The summed E-state index contributed by atoms with van der Waals surface area (Å²) in [5.74, 6) is -0.692. The molecule has 88 valence electrons. The van der Waals surface area contributed by atoms with E-state index in [2.05, 4.69) is 4.74 Å². The third-order valence-corrected chi connectivity index (χ3v) is 2.30. The Morgan fingerprint density at radius 2 is 2.25 bits per heavy atom. The van der Waals surface area contributed by atoms with Gasteiger partial charge in [-0.1, -0.05) is 17.7 Å². The molecule has 0 aliphatic carbocycles. The number of hydrogen-bond acceptors (Lipinski definition) is 4. The number of hydrogen-bond donors (Lipinski definition) is 2. The van der Waals surface area contributed by atoms with Gasteiger partial charge in [0, 0.05) is 6.42 Å². The number of carbonyl (C=O) groups excluding carboxylic acids is 1. The van der Waals surface area contributed by atoms with Crippen LogP contribution >= 0.6 is 11.6 Å². The molecule has 1 aromatic carbocycles. The lowest BCUT2D eigenvalue weighted by atomic mass is 10.1. The largest absolute Gasteiger partial charge is 0.506 e. The average Bonchev–Trinajstić information content (AvgIpc) is 2.24. The van der Waals surface area contributed by atoms with Gasteiger partial charge in [0.1, 0.15) is 5.75 Å². The lowest BCUT2D eigenvalue weighted by molar-refractivity contribution is -0.152. The molecule has 1 atom stereocenters. The van der Waals surface area contributed by atoms with E-state index in [9.17, 15) is 15.0 Å². The molecule has 0 saturated heterocycles. The van der Waals surface area contributed by atoms with E-state index in [1.54, 1.807) is 13.0 Å². The van der Waals surface area contributed by atoms with E-state index in [0.717, 1.165) is 0 Å². The molecule has 0 spiro atoms. The van der Waals surface area contributed by atoms with Crippen LogP contribution in [-0.4, -0.2) is 28.9 Å². The Balaban J connectivity index is 2.66. The summed E-state index contributed by atoms with van der Waals surface area (Å²) >= 11 is 5.69. The minimum atomic E-state index is -1.21. The first-order chi connectivity index (χ1) is 7.54. The lowest BCUT2D eigenvalue weighted by Crippen LogP contribution is -2.25. The number of phenolic OH excluding ortho intramolecular Hbond substituents is 1. The fraction of sp³-hybridized carbons (Fsp3) is 0.364. The van der Waals surface area contributed by atoms with Gasteiger partial charge in [-0.2, -0.15) is 0 Å². The van der Waals surface area contributed by atoms with Gasteiger partial charge in [-0.25, -0.2) is 4.79 Å². The summed E-state index contributed by atoms with van der Waals surface area (Å²) < 4.78 is 4.66. The second-order valence-electron chi connectivity index (χ2n) is 3.26. The zero-order valence-corrected chi connectivity index (χ0v) is 9.57. The molecule has 0 radical (unpaired) electrons. The molecule has 0 unspecified atom stereocenters. The van der Waals surface area contributed by atoms with E-state index >= 15 is 0 Å². The summed E-state index contributed by atoms with van der Waals surface area (Å²) in [5.41, 5.74) is 0.656. The van der Waals surface area contributed by atoms with Crippen LogP contribution in [-0.2, 0) is 16.0 Å². The fourth-order valence-electron chi connectivity index (χ4n) is 1.22. The number of carbonyl (C=O) groups is 1. The zero-order valence-electron chi connectivity index (χ0n) is 8.81. The smallest absolute Gasteiger partial charge is 0.335 e. The van der Waals surface area contributed by atoms with Crippen molar-refractivity contribution in [2.75, 3.05) is 6.61 Å². The molecule has 16 heavy (non-hydrogen) atoms. The topological polar surface area (TPSA) is 66.8 Å². The average molecular weight is 245 g/mol. The highest BCUT2D eigenvalue weighted by atomic mass is 35.5. The first kappa shape index (κ1) is 12.8. The van der Waals surface area contributed by atoms with Gasteiger partial charge in [-0.3, -0.25) is 0 Å². The van der Waals surface area contributed by atoms with Crippen LogP contribution in [0.25, 0.3) is 0 Å². The summed E-state index contributed by atoms with van der Waals surface area (Å²) in [6, 6.07) is 4.50. The Kier molecular flexibility index (Phi) is 4.58. The molecular weight excluding hydrogens is 232 g/mol. The van der Waals surface area contributed by atoms with Gasteiger partial charge in [0.2, 0.25) is 0 Å². The number of aliphatic hydroxyl groups excluding tert-OH is 1. The molecule has 4 nitrogen and oxygen atoms in total. The third-order valence-electron chi connectivity index (χ3n) is 2.00. The van der Waals surface area contributed by atoms with Gasteiger partial charge in [0.15, 0.2) is 6.10 Å². The van der Waals surface area contributed by atoms with Gasteiger partial charge in [-0.05, 0) is 24.6 Å². The van der Waals surface area contributed by atoms with Gasteiger partial charge in [0.05, 0.1) is 11.6 Å². The van der Waals surface area contributed by atoms with E-state index < -0.39 is 12.1 Å². The first-order valence-electron chi connectivity index (χ1n) is 4.86. The Morgan fingerprint density at radius 1 is 1.56 bits per heavy atom. The van der Waals surface area contributed by atoms with Gasteiger partial charge < -0.3 is 14.9 Å². The van der Waals surface area contributed by atoms with Crippen molar-refractivity contribution in [1.82, 2.24) is 0 Å². The SMILES string of the molecule is CCOC(=O)[C@@H](O)Cc1ccc(O)c(Cl)c1. The molecule has 1 rings (SSSR count). The molecule has 0 aliphatic rings. The molecule has 2 N–H and O–H groups in total.